The lowest BCUT2D eigenvalue weighted by molar-refractivity contribution is -0.175. The molecular formula is C21H26F6N4O4. The molecule has 3 N–H and O–H groups in total. The van der Waals surface area contributed by atoms with E-state index in [9.17, 15) is 45.5 Å². The van der Waals surface area contributed by atoms with Gasteiger partial charge in [-0.2, -0.15) is 26.3 Å². The molecule has 196 valence electrons. The van der Waals surface area contributed by atoms with Crippen LogP contribution in [0.3, 0.4) is 0 Å². The largest absolute Gasteiger partial charge is 0.471 e. The van der Waals surface area contributed by atoms with E-state index in [1.807, 2.05) is 0 Å². The lowest BCUT2D eigenvalue weighted by Gasteiger charge is -2.29. The summed E-state index contributed by atoms with van der Waals surface area (Å²) in [6, 6.07) is -3.74. The van der Waals surface area contributed by atoms with Gasteiger partial charge in [0.25, 0.3) is 0 Å². The molecule has 14 heteroatoms. The van der Waals surface area contributed by atoms with Crippen LogP contribution in [0.25, 0.3) is 0 Å². The van der Waals surface area contributed by atoms with Crippen LogP contribution in [0.4, 0.5) is 26.3 Å². The minimum atomic E-state index is -5.32. The second-order valence-electron chi connectivity index (χ2n) is 9.19. The highest BCUT2D eigenvalue weighted by molar-refractivity contribution is 5.93. The van der Waals surface area contributed by atoms with Crippen LogP contribution in [0, 0.1) is 17.8 Å². The number of amides is 4. The summed E-state index contributed by atoms with van der Waals surface area (Å²) in [7, 11) is 0. The quantitative estimate of drug-likeness (QED) is 0.365. The number of hydrogen-bond donors (Lipinski definition) is 3. The molecule has 8 nitrogen and oxygen atoms in total. The number of carbonyl (C=O) groups is 4. The molecule has 0 unspecified atom stereocenters. The van der Waals surface area contributed by atoms with Crippen molar-refractivity contribution in [3.63, 3.8) is 0 Å². The van der Waals surface area contributed by atoms with Crippen molar-refractivity contribution in [2.45, 2.75) is 63.1 Å². The summed E-state index contributed by atoms with van der Waals surface area (Å²) in [4.78, 5) is 50.3. The fraction of sp³-hybridized carbons (Fsp3) is 0.714. The van der Waals surface area contributed by atoms with Crippen molar-refractivity contribution < 1.29 is 45.5 Å². The zero-order valence-corrected chi connectivity index (χ0v) is 18.7. The summed E-state index contributed by atoms with van der Waals surface area (Å²) in [5.41, 5.74) is 0. The Bertz CT molecular complexity index is 890. The maximum Gasteiger partial charge on any atom is 0.471 e. The number of carbonyl (C=O) groups excluding carboxylic acids is 4. The van der Waals surface area contributed by atoms with Crippen LogP contribution in [0.1, 0.15) is 32.6 Å². The second kappa shape index (κ2) is 10.1. The predicted molar refractivity (Wildman–Crippen MR) is 108 cm³/mol. The van der Waals surface area contributed by atoms with Crippen molar-refractivity contribution in [3.05, 3.63) is 12.2 Å². The molecule has 6 atom stereocenters. The average molecular weight is 512 g/mol. The second-order valence-corrected chi connectivity index (χ2v) is 9.19. The topological polar surface area (TPSA) is 108 Å². The monoisotopic (exact) mass is 512 g/mol. The fourth-order valence-electron chi connectivity index (χ4n) is 4.65. The third-order valence-corrected chi connectivity index (χ3v) is 6.66. The van der Waals surface area contributed by atoms with Crippen molar-refractivity contribution in [1.29, 1.82) is 0 Å². The number of alkyl halides is 6. The molecule has 3 aliphatic rings. The molecule has 4 amide bonds. The van der Waals surface area contributed by atoms with E-state index < -0.39 is 67.0 Å². The highest BCUT2D eigenvalue weighted by Gasteiger charge is 2.52. The first-order chi connectivity index (χ1) is 16.2. The fourth-order valence-corrected chi connectivity index (χ4v) is 4.65. The van der Waals surface area contributed by atoms with Crippen molar-refractivity contribution in [3.8, 4) is 0 Å². The molecule has 35 heavy (non-hydrogen) atoms. The Balaban J connectivity index is 1.91. The maximum atomic E-state index is 13.4. The van der Waals surface area contributed by atoms with Crippen LogP contribution < -0.4 is 16.0 Å². The van der Waals surface area contributed by atoms with Gasteiger partial charge in [0.15, 0.2) is 0 Å². The summed E-state index contributed by atoms with van der Waals surface area (Å²) < 4.78 is 78.8. The van der Waals surface area contributed by atoms with Crippen LogP contribution in [0.5, 0.6) is 0 Å². The van der Waals surface area contributed by atoms with Gasteiger partial charge in [0.1, 0.15) is 12.1 Å². The Kier molecular flexibility index (Phi) is 7.70. The van der Waals surface area contributed by atoms with E-state index in [2.05, 4.69) is 10.6 Å². The molecule has 2 bridgehead atoms. The Morgan fingerprint density at radius 2 is 1.77 bits per heavy atom. The molecular weight excluding hydrogens is 486 g/mol. The molecule has 0 aromatic rings. The normalized spacial score (nSPS) is 32.9. The van der Waals surface area contributed by atoms with Gasteiger partial charge in [-0.3, -0.25) is 19.2 Å². The van der Waals surface area contributed by atoms with E-state index in [1.165, 1.54) is 6.08 Å². The molecule has 3 aliphatic heterocycles. The van der Waals surface area contributed by atoms with Crippen LogP contribution in [0.15, 0.2) is 12.2 Å². The zero-order valence-electron chi connectivity index (χ0n) is 18.7. The van der Waals surface area contributed by atoms with E-state index in [-0.39, 0.29) is 37.3 Å². The first kappa shape index (κ1) is 26.8. The highest BCUT2D eigenvalue weighted by atomic mass is 19.4. The van der Waals surface area contributed by atoms with E-state index in [4.69, 9.17) is 0 Å². The van der Waals surface area contributed by atoms with Crippen LogP contribution in [-0.4, -0.2) is 72.1 Å². The number of nitrogens with zero attached hydrogens (tertiary/aromatic N) is 1. The van der Waals surface area contributed by atoms with Crippen LogP contribution in [-0.2, 0) is 19.2 Å². The Morgan fingerprint density at radius 1 is 1.09 bits per heavy atom. The Labute approximate surface area is 196 Å². The van der Waals surface area contributed by atoms with Gasteiger partial charge >= 0.3 is 18.3 Å². The number of fused-ring (bicyclic) bond motifs is 3. The Hall–Kier alpha value is -2.80. The number of hydrogen-bond acceptors (Lipinski definition) is 4. The van der Waals surface area contributed by atoms with E-state index in [0.29, 0.717) is 11.3 Å². The van der Waals surface area contributed by atoms with E-state index in [0.717, 1.165) is 0 Å². The first-order valence-corrected chi connectivity index (χ1v) is 11.2. The molecule has 3 heterocycles. The van der Waals surface area contributed by atoms with Gasteiger partial charge in [-0.15, -0.1) is 0 Å². The van der Waals surface area contributed by atoms with Gasteiger partial charge in [0.05, 0.1) is 5.92 Å². The first-order valence-electron chi connectivity index (χ1n) is 11.2. The van der Waals surface area contributed by atoms with Gasteiger partial charge in [-0.25, -0.2) is 0 Å². The third kappa shape index (κ3) is 6.26. The van der Waals surface area contributed by atoms with Crippen molar-refractivity contribution >= 4 is 23.6 Å². The van der Waals surface area contributed by atoms with Crippen molar-refractivity contribution in [2.75, 3.05) is 13.1 Å². The lowest BCUT2D eigenvalue weighted by Crippen LogP contribution is -2.55. The van der Waals surface area contributed by atoms with Gasteiger partial charge in [-0.05, 0) is 31.6 Å². The summed E-state index contributed by atoms with van der Waals surface area (Å²) >= 11 is 0. The number of rotatable bonds is 1. The number of nitrogens with one attached hydrogen (secondary N) is 3. The maximum absolute atomic E-state index is 13.4. The number of halogens is 6. The number of allylic oxidation sites excluding steroid dienone is 1. The summed E-state index contributed by atoms with van der Waals surface area (Å²) in [5, 5.41) is 6.79. The molecule has 0 radical (unpaired) electrons. The lowest BCUT2D eigenvalue weighted by atomic mass is 9.90. The van der Waals surface area contributed by atoms with Crippen LogP contribution >= 0.6 is 0 Å². The standard InChI is InChI=1S/C21H26F6N4O4/c1-10-8-28-17(33)15-6-11(20(22,23)24)9-31(15)18(34)14(30-19(35)21(25,26)27)5-3-2-4-12-7-13(10)16(32)29-12/h2,4,10-15H,3,5-9H2,1H3,(H,28,33)(H,29,32)(H,30,35)/t10-,11-,12-,13+,14+,15+/m1/s1. The molecule has 0 spiro atoms. The Morgan fingerprint density at radius 3 is 2.40 bits per heavy atom. The third-order valence-electron chi connectivity index (χ3n) is 6.66. The SMILES string of the molecule is C[C@@H]1CNC(=O)[C@@H]2C[C@@H](C(F)(F)F)CN2C(=O)[C@@H](NC(=O)C(F)(F)F)CCC=C[C@@H]2C[C@@H]1C(=O)N2. The smallest absolute Gasteiger partial charge is 0.354 e. The minimum absolute atomic E-state index is 0.00542. The van der Waals surface area contributed by atoms with Crippen molar-refractivity contribution in [2.24, 2.45) is 17.8 Å². The molecule has 0 aromatic heterocycles. The van der Waals surface area contributed by atoms with Gasteiger partial charge in [0.2, 0.25) is 17.7 Å². The van der Waals surface area contributed by atoms with Gasteiger partial charge in [0, 0.05) is 25.0 Å². The molecule has 0 saturated carbocycles. The molecule has 3 rings (SSSR count). The molecule has 2 saturated heterocycles. The summed E-state index contributed by atoms with van der Waals surface area (Å²) in [6.07, 6.45) is -7.63. The molecule has 0 aromatic carbocycles. The zero-order chi connectivity index (χ0) is 26.1. The van der Waals surface area contributed by atoms with Crippen LogP contribution in [0.2, 0.25) is 0 Å². The van der Waals surface area contributed by atoms with Gasteiger partial charge < -0.3 is 20.9 Å². The van der Waals surface area contributed by atoms with Gasteiger partial charge in [-0.1, -0.05) is 19.1 Å². The predicted octanol–water partition coefficient (Wildman–Crippen LogP) is 1.42. The molecule has 0 aliphatic carbocycles. The summed E-state index contributed by atoms with van der Waals surface area (Å²) in [5.74, 6) is -7.63. The minimum Gasteiger partial charge on any atom is -0.354 e. The highest BCUT2D eigenvalue weighted by Crippen LogP contribution is 2.37. The summed E-state index contributed by atoms with van der Waals surface area (Å²) in [6.45, 7) is 0.738. The van der Waals surface area contributed by atoms with E-state index in [1.54, 1.807) is 18.3 Å². The molecule has 2 fully saturated rings. The average Bonchev–Trinajstić information content (AvgIpc) is 3.36. The van der Waals surface area contributed by atoms with E-state index >= 15 is 0 Å². The van der Waals surface area contributed by atoms with Crippen molar-refractivity contribution in [1.82, 2.24) is 20.9 Å².